The zero-order valence-electron chi connectivity index (χ0n) is 30.2. The lowest BCUT2D eigenvalue weighted by atomic mass is 9.85. The molecule has 0 unspecified atom stereocenters. The molecule has 0 spiro atoms. The largest absolute Gasteiger partial charge is 0.387 e. The van der Waals surface area contributed by atoms with Crippen molar-refractivity contribution in [3.05, 3.63) is 71.1 Å². The summed E-state index contributed by atoms with van der Waals surface area (Å²) in [7, 11) is 3.84. The number of pyridine rings is 2. The van der Waals surface area contributed by atoms with Crippen molar-refractivity contribution in [3.63, 3.8) is 0 Å². The molecule has 0 radical (unpaired) electrons. The SMILES string of the molecule is CNc1cc(-c2ccc3cc(C#N)cnn23)ncc1-c1nnc([C@H]2CC[C@H](N(C)C(=O)C3CCN(c4ccc([C@@H]5CCC(=O)NC5=O)cn4)CC3)CC2)s1. The van der Waals surface area contributed by atoms with Crippen molar-refractivity contribution in [1.82, 2.24) is 40.0 Å². The molecule has 7 heterocycles. The minimum absolute atomic E-state index is 0.0112. The summed E-state index contributed by atoms with van der Waals surface area (Å²) in [5.41, 5.74) is 5.51. The van der Waals surface area contributed by atoms with Gasteiger partial charge in [0.25, 0.3) is 0 Å². The average Bonchev–Trinajstić information content (AvgIpc) is 3.88. The first kappa shape index (κ1) is 35.3. The number of hydrogen-bond acceptors (Lipinski definition) is 12. The summed E-state index contributed by atoms with van der Waals surface area (Å²) in [6.45, 7) is 1.50. The summed E-state index contributed by atoms with van der Waals surface area (Å²) in [4.78, 5) is 51.0. The Hall–Kier alpha value is -5.75. The number of carbonyl (C=O) groups is 3. The van der Waals surface area contributed by atoms with Crippen molar-refractivity contribution in [2.45, 2.75) is 69.2 Å². The molecule has 0 aromatic carbocycles. The fraction of sp³-hybridized carbons (Fsp3) is 0.410. The van der Waals surface area contributed by atoms with Crippen LogP contribution in [0.25, 0.3) is 27.5 Å². The van der Waals surface area contributed by atoms with E-state index in [1.807, 2.05) is 55.5 Å². The summed E-state index contributed by atoms with van der Waals surface area (Å²) < 4.78 is 1.78. The van der Waals surface area contributed by atoms with Gasteiger partial charge in [0, 0.05) is 69.6 Å². The molecule has 3 amide bonds. The molecule has 15 heteroatoms. The second-order valence-corrected chi connectivity index (χ2v) is 15.4. The molecule has 1 aliphatic carbocycles. The second kappa shape index (κ2) is 14.9. The highest BCUT2D eigenvalue weighted by Gasteiger charge is 2.34. The van der Waals surface area contributed by atoms with Gasteiger partial charge in [0.05, 0.1) is 40.1 Å². The highest BCUT2D eigenvalue weighted by Crippen LogP contribution is 2.40. The molecule has 3 fully saturated rings. The third-order valence-electron chi connectivity index (χ3n) is 11.3. The van der Waals surface area contributed by atoms with Gasteiger partial charge in [0.2, 0.25) is 17.7 Å². The number of nitrogens with one attached hydrogen (secondary N) is 2. The molecular weight excluding hydrogens is 703 g/mol. The fourth-order valence-electron chi connectivity index (χ4n) is 8.07. The lowest BCUT2D eigenvalue weighted by molar-refractivity contribution is -0.138. The first-order chi connectivity index (χ1) is 26.3. The quantitative estimate of drug-likeness (QED) is 0.201. The van der Waals surface area contributed by atoms with Crippen LogP contribution in [0.15, 0.2) is 55.0 Å². The van der Waals surface area contributed by atoms with Crippen LogP contribution in [0.5, 0.6) is 0 Å². The minimum Gasteiger partial charge on any atom is -0.387 e. The highest BCUT2D eigenvalue weighted by atomic mass is 32.1. The Bertz CT molecular complexity index is 2250. The monoisotopic (exact) mass is 743 g/mol. The van der Waals surface area contributed by atoms with E-state index in [9.17, 15) is 19.6 Å². The molecule has 8 rings (SSSR count). The predicted octanol–water partition coefficient (Wildman–Crippen LogP) is 5.14. The Morgan fingerprint density at radius 1 is 0.981 bits per heavy atom. The van der Waals surface area contributed by atoms with E-state index in [0.717, 1.165) is 101 Å². The van der Waals surface area contributed by atoms with Crippen LogP contribution < -0.4 is 15.5 Å². The molecule has 3 aliphatic rings. The van der Waals surface area contributed by atoms with Crippen LogP contribution >= 0.6 is 11.3 Å². The number of hydrogen-bond donors (Lipinski definition) is 2. The number of fused-ring (bicyclic) bond motifs is 1. The van der Waals surface area contributed by atoms with Gasteiger partial charge in [-0.15, -0.1) is 10.2 Å². The third-order valence-corrected chi connectivity index (χ3v) is 12.4. The predicted molar refractivity (Wildman–Crippen MR) is 204 cm³/mol. The van der Waals surface area contributed by atoms with Crippen molar-refractivity contribution in [2.75, 3.05) is 37.4 Å². The molecular formula is C39H41N11O3S. The van der Waals surface area contributed by atoms with Crippen LogP contribution in [0.4, 0.5) is 11.5 Å². The van der Waals surface area contributed by atoms with Crippen LogP contribution in [0.3, 0.4) is 0 Å². The van der Waals surface area contributed by atoms with E-state index in [1.54, 1.807) is 34.3 Å². The Balaban J connectivity index is 0.843. The third kappa shape index (κ3) is 6.89. The first-order valence-electron chi connectivity index (χ1n) is 18.5. The fourth-order valence-corrected chi connectivity index (χ4v) is 9.11. The first-order valence-corrected chi connectivity index (χ1v) is 19.3. The van der Waals surface area contributed by atoms with E-state index >= 15 is 0 Å². The number of anilines is 2. The van der Waals surface area contributed by atoms with E-state index < -0.39 is 0 Å². The van der Waals surface area contributed by atoms with Gasteiger partial charge < -0.3 is 15.1 Å². The van der Waals surface area contributed by atoms with E-state index in [-0.39, 0.29) is 35.6 Å². The number of nitriles is 1. The van der Waals surface area contributed by atoms with Crippen molar-refractivity contribution < 1.29 is 14.4 Å². The molecule has 1 atom stereocenters. The number of piperidine rings is 2. The Morgan fingerprint density at radius 2 is 1.80 bits per heavy atom. The number of nitrogens with zero attached hydrogens (tertiary/aromatic N) is 9. The maximum absolute atomic E-state index is 13.7. The lowest BCUT2D eigenvalue weighted by Crippen LogP contribution is -2.46. The van der Waals surface area contributed by atoms with Gasteiger partial charge in [0.15, 0.2) is 5.01 Å². The zero-order chi connectivity index (χ0) is 37.3. The van der Waals surface area contributed by atoms with Crippen LogP contribution in [0, 0.1) is 17.2 Å². The normalized spacial score (nSPS) is 20.8. The topological polar surface area (TPSA) is 174 Å². The van der Waals surface area contributed by atoms with E-state index in [4.69, 9.17) is 4.98 Å². The van der Waals surface area contributed by atoms with E-state index in [0.29, 0.717) is 24.3 Å². The van der Waals surface area contributed by atoms with Gasteiger partial charge in [-0.3, -0.25) is 24.7 Å². The summed E-state index contributed by atoms with van der Waals surface area (Å²) in [6, 6.07) is 13.9. The summed E-state index contributed by atoms with van der Waals surface area (Å²) in [5, 5.41) is 30.4. The van der Waals surface area contributed by atoms with Gasteiger partial charge in [-0.2, -0.15) is 10.4 Å². The molecule has 1 saturated carbocycles. The molecule has 2 N–H and O–H groups in total. The number of amides is 3. The smallest absolute Gasteiger partial charge is 0.234 e. The lowest BCUT2D eigenvalue weighted by Gasteiger charge is -2.38. The standard InChI is InChI=1S/C39H41N11O3S/c1-41-31-18-32(33-10-8-28-17-23(19-40)20-44-50(28)33)42-22-30(31)38-47-46-37(54-38)24-3-6-27(7-4-24)48(2)39(53)25-13-15-49(16-14-25)34-11-5-26(21-43-34)29-9-12-35(51)45-36(29)52/h5,8,10-11,17-18,20-22,24-25,27,29H,3-4,6-7,9,12-16H2,1-2H3,(H,41,42)(H,45,51,52)/t24-,27-,29-/m0/s1. The maximum Gasteiger partial charge on any atom is 0.234 e. The molecule has 5 aromatic rings. The van der Waals surface area contributed by atoms with Crippen LogP contribution in [0.2, 0.25) is 0 Å². The van der Waals surface area contributed by atoms with Crippen LogP contribution in [0.1, 0.15) is 79.3 Å². The minimum atomic E-state index is -0.347. The van der Waals surface area contributed by atoms with Crippen molar-refractivity contribution in [3.8, 4) is 28.0 Å². The Kier molecular flexibility index (Phi) is 9.76. The number of carbonyl (C=O) groups excluding carboxylic acids is 3. The second-order valence-electron chi connectivity index (χ2n) is 14.4. The molecule has 276 valence electrons. The molecule has 2 saturated heterocycles. The van der Waals surface area contributed by atoms with Gasteiger partial charge in [-0.25, -0.2) is 9.50 Å². The van der Waals surface area contributed by atoms with Crippen molar-refractivity contribution >= 4 is 46.1 Å². The van der Waals surface area contributed by atoms with Crippen molar-refractivity contribution in [2.24, 2.45) is 5.92 Å². The molecule has 2 aliphatic heterocycles. The Labute approximate surface area is 316 Å². The van der Waals surface area contributed by atoms with Crippen LogP contribution in [-0.4, -0.2) is 85.6 Å². The van der Waals surface area contributed by atoms with E-state index in [1.165, 1.54) is 0 Å². The van der Waals surface area contributed by atoms with Crippen LogP contribution in [-0.2, 0) is 14.4 Å². The molecule has 5 aromatic heterocycles. The van der Waals surface area contributed by atoms with Gasteiger partial charge in [-0.1, -0.05) is 17.4 Å². The number of rotatable bonds is 8. The number of aromatic nitrogens is 6. The molecule has 54 heavy (non-hydrogen) atoms. The maximum atomic E-state index is 13.7. The van der Waals surface area contributed by atoms with Gasteiger partial charge >= 0.3 is 0 Å². The Morgan fingerprint density at radius 3 is 2.52 bits per heavy atom. The summed E-state index contributed by atoms with van der Waals surface area (Å²) in [5.74, 6) is 0.534. The summed E-state index contributed by atoms with van der Waals surface area (Å²) >= 11 is 1.61. The van der Waals surface area contributed by atoms with E-state index in [2.05, 4.69) is 41.9 Å². The summed E-state index contributed by atoms with van der Waals surface area (Å²) in [6.07, 6.45) is 11.3. The zero-order valence-corrected chi connectivity index (χ0v) is 31.1. The van der Waals surface area contributed by atoms with Crippen molar-refractivity contribution in [1.29, 1.82) is 5.26 Å². The molecule has 14 nitrogen and oxygen atoms in total. The average molecular weight is 744 g/mol. The molecule has 0 bridgehead atoms. The van der Waals surface area contributed by atoms with Gasteiger partial charge in [0.1, 0.15) is 16.9 Å². The van der Waals surface area contributed by atoms with Gasteiger partial charge in [-0.05, 0) is 80.8 Å². The number of imide groups is 1. The highest BCUT2D eigenvalue weighted by molar-refractivity contribution is 7.14.